The number of anilines is 3. The van der Waals surface area contributed by atoms with Crippen molar-refractivity contribution in [2.24, 2.45) is 7.05 Å². The highest BCUT2D eigenvalue weighted by Gasteiger charge is 2.38. The summed E-state index contributed by atoms with van der Waals surface area (Å²) in [4.78, 5) is 32.4. The molecule has 12 heteroatoms. The van der Waals surface area contributed by atoms with Crippen molar-refractivity contribution in [3.63, 3.8) is 0 Å². The van der Waals surface area contributed by atoms with Crippen LogP contribution in [0.2, 0.25) is 0 Å². The summed E-state index contributed by atoms with van der Waals surface area (Å²) in [6.07, 6.45) is 3.36. The molecule has 4 rings (SSSR count). The second kappa shape index (κ2) is 8.84. The van der Waals surface area contributed by atoms with Gasteiger partial charge in [-0.1, -0.05) is 0 Å². The molecule has 1 aliphatic heterocycles. The van der Waals surface area contributed by atoms with Gasteiger partial charge in [-0.15, -0.1) is 0 Å². The maximum Gasteiger partial charge on any atom is 0.368 e. The largest absolute Gasteiger partial charge is 0.368 e. The van der Waals surface area contributed by atoms with Crippen molar-refractivity contribution in [1.29, 1.82) is 0 Å². The van der Waals surface area contributed by atoms with Crippen LogP contribution in [-0.2, 0) is 7.05 Å². The van der Waals surface area contributed by atoms with Gasteiger partial charge < -0.3 is 16.0 Å². The minimum absolute atomic E-state index is 0.00896. The van der Waals surface area contributed by atoms with Crippen molar-refractivity contribution < 1.29 is 9.18 Å². The molecular formula is C23H30FN9O2. The van der Waals surface area contributed by atoms with Crippen LogP contribution in [0.5, 0.6) is 0 Å². The summed E-state index contributed by atoms with van der Waals surface area (Å²) >= 11 is 0. The van der Waals surface area contributed by atoms with Crippen LogP contribution in [0.1, 0.15) is 56.5 Å². The van der Waals surface area contributed by atoms with E-state index in [1.54, 1.807) is 19.1 Å². The molecule has 1 fully saturated rings. The van der Waals surface area contributed by atoms with Gasteiger partial charge >= 0.3 is 5.69 Å². The van der Waals surface area contributed by atoms with Crippen LogP contribution in [0, 0.1) is 12.7 Å². The Balaban J connectivity index is 1.63. The van der Waals surface area contributed by atoms with E-state index in [1.807, 2.05) is 0 Å². The van der Waals surface area contributed by atoms with E-state index in [0.29, 0.717) is 28.8 Å². The maximum atomic E-state index is 14.6. The molecule has 0 atom stereocenters. The maximum absolute atomic E-state index is 14.6. The molecule has 0 unspecified atom stereocenters. The second-order valence-corrected chi connectivity index (χ2v) is 10.3. The summed E-state index contributed by atoms with van der Waals surface area (Å²) in [6.45, 7) is 10.2. The highest BCUT2D eigenvalue weighted by molar-refractivity contribution is 5.82. The first-order valence-electron chi connectivity index (χ1n) is 11.3. The van der Waals surface area contributed by atoms with E-state index in [1.165, 1.54) is 7.05 Å². The number of benzene rings is 1. The number of hydrogen-bond acceptors (Lipinski definition) is 9. The molecular weight excluding hydrogens is 453 g/mol. The molecule has 0 bridgehead atoms. The van der Waals surface area contributed by atoms with Crippen LogP contribution in [0.3, 0.4) is 0 Å². The van der Waals surface area contributed by atoms with Gasteiger partial charge in [0.25, 0.3) is 0 Å². The summed E-state index contributed by atoms with van der Waals surface area (Å²) in [5, 5.41) is 17.4. The fraction of sp³-hybridized carbons (Fsp3) is 0.478. The number of hydrogen-bond donors (Lipinski definition) is 3. The van der Waals surface area contributed by atoms with E-state index in [4.69, 9.17) is 0 Å². The van der Waals surface area contributed by atoms with E-state index in [-0.39, 0.29) is 28.9 Å². The zero-order chi connectivity index (χ0) is 25.5. The number of nitrogens with zero attached hydrogens (tertiary/aromatic N) is 6. The molecule has 35 heavy (non-hydrogen) atoms. The Hall–Kier alpha value is -3.67. The number of halogens is 1. The quantitative estimate of drug-likeness (QED) is 0.452. The summed E-state index contributed by atoms with van der Waals surface area (Å²) in [5.74, 6) is -0.331. The molecule has 0 radical (unpaired) electrons. The number of tetrazole rings is 1. The molecule has 0 spiro atoms. The third-order valence-electron chi connectivity index (χ3n) is 6.03. The van der Waals surface area contributed by atoms with Crippen molar-refractivity contribution in [3.05, 3.63) is 45.8 Å². The average Bonchev–Trinajstić information content (AvgIpc) is 3.07. The lowest BCUT2D eigenvalue weighted by atomic mass is 9.79. The van der Waals surface area contributed by atoms with Crippen molar-refractivity contribution in [1.82, 2.24) is 35.1 Å². The Kier molecular flexibility index (Phi) is 6.18. The van der Waals surface area contributed by atoms with Gasteiger partial charge in [-0.05, 0) is 75.6 Å². The smallest absolute Gasteiger partial charge is 0.365 e. The lowest BCUT2D eigenvalue weighted by molar-refractivity contribution is 0.112. The third-order valence-corrected chi connectivity index (χ3v) is 6.03. The van der Waals surface area contributed by atoms with Crippen molar-refractivity contribution in [2.75, 3.05) is 10.6 Å². The highest BCUT2D eigenvalue weighted by Crippen LogP contribution is 2.31. The second-order valence-electron chi connectivity index (χ2n) is 10.3. The van der Waals surface area contributed by atoms with Gasteiger partial charge in [0, 0.05) is 35.4 Å². The summed E-state index contributed by atoms with van der Waals surface area (Å²) in [5.41, 5.74) is 1.04. The van der Waals surface area contributed by atoms with E-state index < -0.39 is 11.5 Å². The molecule has 1 aromatic carbocycles. The Morgan fingerprint density at radius 3 is 2.46 bits per heavy atom. The number of aromatic nitrogens is 6. The minimum Gasteiger partial charge on any atom is -0.365 e. The molecule has 1 aliphatic rings. The minimum atomic E-state index is -0.561. The monoisotopic (exact) mass is 483 g/mol. The first-order chi connectivity index (χ1) is 16.4. The van der Waals surface area contributed by atoms with Gasteiger partial charge in [-0.25, -0.2) is 14.2 Å². The van der Waals surface area contributed by atoms with E-state index in [9.17, 15) is 14.0 Å². The van der Waals surface area contributed by atoms with Gasteiger partial charge in [0.2, 0.25) is 5.95 Å². The molecule has 0 amide bonds. The van der Waals surface area contributed by atoms with Gasteiger partial charge in [0.05, 0.1) is 11.9 Å². The lowest BCUT2D eigenvalue weighted by Gasteiger charge is -2.46. The van der Waals surface area contributed by atoms with Gasteiger partial charge in [0.15, 0.2) is 11.6 Å². The molecule has 11 nitrogen and oxygen atoms in total. The van der Waals surface area contributed by atoms with Crippen LogP contribution in [0.4, 0.5) is 21.8 Å². The molecule has 3 N–H and O–H groups in total. The normalized spacial score (nSPS) is 17.2. The summed E-state index contributed by atoms with van der Waals surface area (Å²) < 4.78 is 16.8. The Morgan fingerprint density at radius 2 is 1.86 bits per heavy atom. The molecule has 3 heterocycles. The van der Waals surface area contributed by atoms with Crippen LogP contribution in [-0.4, -0.2) is 53.2 Å². The number of rotatable bonds is 6. The zero-order valence-corrected chi connectivity index (χ0v) is 20.7. The predicted octanol–water partition coefficient (Wildman–Crippen LogP) is 2.48. The van der Waals surface area contributed by atoms with E-state index in [2.05, 4.69) is 64.0 Å². The summed E-state index contributed by atoms with van der Waals surface area (Å²) in [6, 6.07) is 3.25. The van der Waals surface area contributed by atoms with Crippen LogP contribution in [0.25, 0.3) is 5.69 Å². The van der Waals surface area contributed by atoms with Crippen molar-refractivity contribution in [3.8, 4) is 5.69 Å². The number of aldehydes is 1. The van der Waals surface area contributed by atoms with Gasteiger partial charge in [-0.3, -0.25) is 4.79 Å². The van der Waals surface area contributed by atoms with Gasteiger partial charge in [-0.2, -0.15) is 14.3 Å². The Bertz CT molecular complexity index is 1310. The van der Waals surface area contributed by atoms with E-state index >= 15 is 0 Å². The molecule has 3 aromatic rings. The molecule has 0 saturated carbocycles. The SMILES string of the molecule is Cc1c(C=O)cc(Nc2ncc(F)c(NC3CC(C)(C)NC(C)(C)C3)n2)cc1-n1nnn(C)c1=O. The Labute approximate surface area is 202 Å². The first kappa shape index (κ1) is 24.5. The standard InChI is InChI=1S/C23H30FN9O2/c1-13-14(12-34)7-15(8-18(13)33-21(35)32(6)30-31-33)27-20-25-11-17(24)19(28-20)26-16-9-22(2,3)29-23(4,5)10-16/h7-8,11-12,16,29H,9-10H2,1-6H3,(H2,25,26,27,28). The van der Waals surface area contributed by atoms with E-state index in [0.717, 1.165) is 28.4 Å². The lowest BCUT2D eigenvalue weighted by Crippen LogP contribution is -2.60. The summed E-state index contributed by atoms with van der Waals surface area (Å²) in [7, 11) is 1.48. The molecule has 2 aromatic heterocycles. The highest BCUT2D eigenvalue weighted by atomic mass is 19.1. The molecule has 186 valence electrons. The van der Waals surface area contributed by atoms with Crippen LogP contribution < -0.4 is 21.6 Å². The van der Waals surface area contributed by atoms with Crippen LogP contribution in [0.15, 0.2) is 23.1 Å². The van der Waals surface area contributed by atoms with Crippen molar-refractivity contribution in [2.45, 2.75) is 64.6 Å². The zero-order valence-electron chi connectivity index (χ0n) is 20.7. The number of nitrogens with one attached hydrogen (secondary N) is 3. The fourth-order valence-electron chi connectivity index (χ4n) is 4.88. The third kappa shape index (κ3) is 5.21. The Morgan fingerprint density at radius 1 is 1.17 bits per heavy atom. The number of aryl methyl sites for hydroxylation is 1. The average molecular weight is 484 g/mol. The van der Waals surface area contributed by atoms with Crippen LogP contribution >= 0.6 is 0 Å². The molecule has 0 aliphatic carbocycles. The van der Waals surface area contributed by atoms with Crippen molar-refractivity contribution >= 4 is 23.7 Å². The number of piperidine rings is 1. The first-order valence-corrected chi connectivity index (χ1v) is 11.3. The number of carbonyl (C=O) groups excluding carboxylic acids is 1. The van der Waals surface area contributed by atoms with Gasteiger partial charge in [0.1, 0.15) is 6.29 Å². The predicted molar refractivity (Wildman–Crippen MR) is 130 cm³/mol. The number of carbonyl (C=O) groups is 1. The molecule has 1 saturated heterocycles. The fourth-order valence-corrected chi connectivity index (χ4v) is 4.88. The topological polar surface area (TPSA) is 132 Å².